The smallest absolute Gasteiger partial charge is 0.135 e. The van der Waals surface area contributed by atoms with Gasteiger partial charge in [-0.3, -0.25) is 4.79 Å². The second kappa shape index (κ2) is 13.6. The molecule has 0 bridgehead atoms. The van der Waals surface area contributed by atoms with E-state index in [0.717, 1.165) is 12.3 Å². The fourth-order valence-corrected chi connectivity index (χ4v) is 2.75. The highest BCUT2D eigenvalue weighted by molar-refractivity contribution is 5.80. The topological polar surface area (TPSA) is 17.1 Å². The molecule has 120 valence electrons. The average molecular weight is 283 g/mol. The van der Waals surface area contributed by atoms with Gasteiger partial charge in [-0.2, -0.15) is 0 Å². The molecular formula is C19H38O. The summed E-state index contributed by atoms with van der Waals surface area (Å²) in [6.07, 6.45) is 15.6. The summed E-state index contributed by atoms with van der Waals surface area (Å²) >= 11 is 0. The molecule has 1 heteroatoms. The van der Waals surface area contributed by atoms with Crippen molar-refractivity contribution in [2.45, 2.75) is 105 Å². The van der Waals surface area contributed by atoms with E-state index >= 15 is 0 Å². The minimum Gasteiger partial charge on any atom is -0.299 e. The van der Waals surface area contributed by atoms with Crippen LogP contribution >= 0.6 is 0 Å². The molecule has 0 aromatic heterocycles. The van der Waals surface area contributed by atoms with Crippen molar-refractivity contribution in [3.05, 3.63) is 0 Å². The van der Waals surface area contributed by atoms with E-state index in [1.165, 1.54) is 64.2 Å². The molecule has 0 aliphatic carbocycles. The fourth-order valence-electron chi connectivity index (χ4n) is 2.75. The second-order valence-electron chi connectivity index (χ2n) is 6.87. The molecule has 0 saturated carbocycles. The van der Waals surface area contributed by atoms with E-state index < -0.39 is 0 Å². The Bertz CT molecular complexity index is 220. The van der Waals surface area contributed by atoms with Crippen molar-refractivity contribution in [2.24, 2.45) is 11.8 Å². The van der Waals surface area contributed by atoms with Crippen molar-refractivity contribution in [1.82, 2.24) is 0 Å². The van der Waals surface area contributed by atoms with E-state index in [4.69, 9.17) is 0 Å². The van der Waals surface area contributed by atoms with Gasteiger partial charge in [0.25, 0.3) is 0 Å². The Morgan fingerprint density at radius 1 is 0.700 bits per heavy atom. The summed E-state index contributed by atoms with van der Waals surface area (Å²) in [6, 6.07) is 0. The van der Waals surface area contributed by atoms with Crippen LogP contribution in [-0.4, -0.2) is 5.78 Å². The maximum atomic E-state index is 11.4. The summed E-state index contributed by atoms with van der Waals surface area (Å²) in [5.74, 6) is 1.60. The van der Waals surface area contributed by atoms with Crippen molar-refractivity contribution >= 4 is 5.78 Å². The fraction of sp³-hybridized carbons (Fsp3) is 0.947. The molecular weight excluding hydrogens is 244 g/mol. The molecule has 0 spiro atoms. The highest BCUT2D eigenvalue weighted by Gasteiger charge is 2.09. The van der Waals surface area contributed by atoms with E-state index in [2.05, 4.69) is 20.8 Å². The van der Waals surface area contributed by atoms with Gasteiger partial charge in [-0.25, -0.2) is 0 Å². The van der Waals surface area contributed by atoms with Crippen molar-refractivity contribution in [3.63, 3.8) is 0 Å². The number of rotatable bonds is 14. The third-order valence-corrected chi connectivity index (χ3v) is 4.32. The van der Waals surface area contributed by atoms with Crippen molar-refractivity contribution in [3.8, 4) is 0 Å². The van der Waals surface area contributed by atoms with Crippen LogP contribution in [0.1, 0.15) is 105 Å². The van der Waals surface area contributed by atoms with Crippen LogP contribution in [0.3, 0.4) is 0 Å². The molecule has 0 fully saturated rings. The minimum atomic E-state index is 0.293. The molecule has 1 unspecified atom stereocenters. The van der Waals surface area contributed by atoms with E-state index in [1.807, 2.05) is 6.92 Å². The van der Waals surface area contributed by atoms with Gasteiger partial charge in [-0.05, 0) is 12.3 Å². The Morgan fingerprint density at radius 2 is 1.10 bits per heavy atom. The summed E-state index contributed by atoms with van der Waals surface area (Å²) in [5.41, 5.74) is 0. The Labute approximate surface area is 127 Å². The molecule has 20 heavy (non-hydrogen) atoms. The minimum absolute atomic E-state index is 0.293. The Hall–Kier alpha value is -0.330. The molecule has 0 heterocycles. The van der Waals surface area contributed by atoms with Gasteiger partial charge in [0.05, 0.1) is 0 Å². The van der Waals surface area contributed by atoms with Crippen LogP contribution in [-0.2, 0) is 4.79 Å². The molecule has 0 aromatic carbocycles. The average Bonchev–Trinajstić information content (AvgIpc) is 2.43. The first-order valence-corrected chi connectivity index (χ1v) is 9.10. The number of Topliss-reactive ketones (excluding diaryl/α,β-unsaturated/α-hetero) is 1. The maximum absolute atomic E-state index is 11.4. The molecule has 0 aliphatic heterocycles. The third-order valence-electron chi connectivity index (χ3n) is 4.32. The molecule has 0 N–H and O–H groups in total. The lowest BCUT2D eigenvalue weighted by Gasteiger charge is -2.08. The van der Waals surface area contributed by atoms with Crippen LogP contribution in [0.15, 0.2) is 0 Å². The zero-order valence-corrected chi connectivity index (χ0v) is 14.5. The Morgan fingerprint density at radius 3 is 1.50 bits per heavy atom. The van der Waals surface area contributed by atoms with Gasteiger partial charge in [-0.15, -0.1) is 0 Å². The van der Waals surface area contributed by atoms with Crippen LogP contribution in [0, 0.1) is 11.8 Å². The summed E-state index contributed by atoms with van der Waals surface area (Å²) in [4.78, 5) is 11.4. The maximum Gasteiger partial charge on any atom is 0.135 e. The first-order valence-electron chi connectivity index (χ1n) is 9.10. The molecule has 0 amide bonds. The lowest BCUT2D eigenvalue weighted by Crippen LogP contribution is -2.08. The lowest BCUT2D eigenvalue weighted by molar-refractivity contribution is -0.122. The Kier molecular flexibility index (Phi) is 13.4. The standard InChI is InChI=1S/C19H38O/c1-5-19(20)18(4)16-14-12-10-8-6-7-9-11-13-15-17(2)3/h17-18H,5-16H2,1-4H3. The Balaban J connectivity index is 3.15. The third kappa shape index (κ3) is 12.7. The molecule has 1 atom stereocenters. The van der Waals surface area contributed by atoms with Gasteiger partial charge in [-0.1, -0.05) is 91.9 Å². The van der Waals surface area contributed by atoms with Crippen LogP contribution in [0.2, 0.25) is 0 Å². The number of hydrogen-bond donors (Lipinski definition) is 0. The summed E-state index contributed by atoms with van der Waals surface area (Å²) in [5, 5.41) is 0. The lowest BCUT2D eigenvalue weighted by atomic mass is 9.96. The molecule has 0 rings (SSSR count). The number of ketones is 1. The normalized spacial score (nSPS) is 12.8. The molecule has 0 aromatic rings. The monoisotopic (exact) mass is 282 g/mol. The molecule has 0 radical (unpaired) electrons. The molecule has 0 aliphatic rings. The van der Waals surface area contributed by atoms with E-state index in [0.29, 0.717) is 18.1 Å². The van der Waals surface area contributed by atoms with Crippen LogP contribution in [0.25, 0.3) is 0 Å². The van der Waals surface area contributed by atoms with Gasteiger partial charge in [0.1, 0.15) is 5.78 Å². The second-order valence-corrected chi connectivity index (χ2v) is 6.87. The van der Waals surface area contributed by atoms with E-state index in [9.17, 15) is 4.79 Å². The van der Waals surface area contributed by atoms with Crippen molar-refractivity contribution in [1.29, 1.82) is 0 Å². The van der Waals surface area contributed by atoms with E-state index in [-0.39, 0.29) is 0 Å². The van der Waals surface area contributed by atoms with Crippen LogP contribution in [0.4, 0.5) is 0 Å². The van der Waals surface area contributed by atoms with Gasteiger partial charge >= 0.3 is 0 Å². The number of carbonyl (C=O) groups excluding carboxylic acids is 1. The first-order chi connectivity index (χ1) is 9.57. The summed E-state index contributed by atoms with van der Waals surface area (Å²) in [6.45, 7) is 8.69. The number of carbonyl (C=O) groups is 1. The molecule has 1 nitrogen and oxygen atoms in total. The highest BCUT2D eigenvalue weighted by Crippen LogP contribution is 2.15. The van der Waals surface area contributed by atoms with Crippen LogP contribution < -0.4 is 0 Å². The summed E-state index contributed by atoms with van der Waals surface area (Å²) < 4.78 is 0. The summed E-state index contributed by atoms with van der Waals surface area (Å²) in [7, 11) is 0. The van der Waals surface area contributed by atoms with E-state index in [1.54, 1.807) is 0 Å². The predicted molar refractivity (Wildman–Crippen MR) is 90.1 cm³/mol. The molecule has 0 saturated heterocycles. The van der Waals surface area contributed by atoms with Gasteiger partial charge in [0.2, 0.25) is 0 Å². The number of unbranched alkanes of at least 4 members (excludes halogenated alkanes) is 8. The SMILES string of the molecule is CCC(=O)C(C)CCCCCCCCCCCC(C)C. The van der Waals surface area contributed by atoms with Gasteiger partial charge in [0, 0.05) is 12.3 Å². The first kappa shape index (κ1) is 19.7. The van der Waals surface area contributed by atoms with Gasteiger partial charge < -0.3 is 0 Å². The van der Waals surface area contributed by atoms with Crippen molar-refractivity contribution in [2.75, 3.05) is 0 Å². The quantitative estimate of drug-likeness (QED) is 0.330. The van der Waals surface area contributed by atoms with Crippen LogP contribution in [0.5, 0.6) is 0 Å². The van der Waals surface area contributed by atoms with Crippen molar-refractivity contribution < 1.29 is 4.79 Å². The highest BCUT2D eigenvalue weighted by atomic mass is 16.1. The number of hydrogen-bond acceptors (Lipinski definition) is 1. The zero-order valence-electron chi connectivity index (χ0n) is 14.5. The van der Waals surface area contributed by atoms with Gasteiger partial charge in [0.15, 0.2) is 0 Å². The zero-order chi connectivity index (χ0) is 15.2. The largest absolute Gasteiger partial charge is 0.299 e. The predicted octanol–water partition coefficient (Wildman–Crippen LogP) is 6.55.